The number of hydrogen-bond donors (Lipinski definition) is 1. The van der Waals surface area contributed by atoms with Crippen molar-refractivity contribution in [3.05, 3.63) is 0 Å². The molecule has 4 heteroatoms. The molecule has 1 aliphatic heterocycles. The number of hydrogen-bond acceptors (Lipinski definition) is 3. The Labute approximate surface area is 108 Å². The molecule has 102 valence electrons. The number of carbonyl (C=O) groups excluding carboxylic acids is 2. The third-order valence-corrected chi connectivity index (χ3v) is 4.27. The van der Waals surface area contributed by atoms with Crippen molar-refractivity contribution >= 4 is 11.9 Å². The number of nitrogens with one attached hydrogen (secondary N) is 1. The fraction of sp³-hybridized carbons (Fsp3) is 0.857. The maximum absolute atomic E-state index is 12.0. The molecule has 0 aromatic carbocycles. The van der Waals surface area contributed by atoms with Crippen molar-refractivity contribution in [1.82, 2.24) is 5.32 Å². The largest absolute Gasteiger partial charge is 0.464 e. The van der Waals surface area contributed by atoms with Crippen LogP contribution in [0.15, 0.2) is 0 Å². The first-order valence-corrected chi connectivity index (χ1v) is 6.93. The molecule has 1 saturated heterocycles. The van der Waals surface area contributed by atoms with Gasteiger partial charge in [0.15, 0.2) is 0 Å². The van der Waals surface area contributed by atoms with Crippen molar-refractivity contribution in [2.75, 3.05) is 6.61 Å². The Morgan fingerprint density at radius 1 is 1.39 bits per heavy atom. The Morgan fingerprint density at radius 2 is 2.00 bits per heavy atom. The molecule has 1 heterocycles. The Balaban J connectivity index is 2.22. The van der Waals surface area contributed by atoms with Gasteiger partial charge in [-0.15, -0.1) is 0 Å². The number of amides is 1. The molecule has 1 saturated carbocycles. The summed E-state index contributed by atoms with van der Waals surface area (Å²) < 4.78 is 5.12. The average molecular weight is 253 g/mol. The minimum absolute atomic E-state index is 0.00523. The highest BCUT2D eigenvalue weighted by Crippen LogP contribution is 2.49. The van der Waals surface area contributed by atoms with Crippen LogP contribution < -0.4 is 5.32 Å². The smallest absolute Gasteiger partial charge is 0.329 e. The van der Waals surface area contributed by atoms with Crippen LogP contribution in [-0.4, -0.2) is 24.5 Å². The number of rotatable bonds is 2. The highest BCUT2D eigenvalue weighted by Gasteiger charge is 2.53. The molecule has 2 fully saturated rings. The van der Waals surface area contributed by atoms with Gasteiger partial charge in [-0.25, -0.2) is 4.79 Å². The van der Waals surface area contributed by atoms with Gasteiger partial charge in [0.05, 0.1) is 6.61 Å². The van der Waals surface area contributed by atoms with E-state index in [0.717, 1.165) is 12.8 Å². The lowest BCUT2D eigenvalue weighted by Crippen LogP contribution is -2.48. The molecule has 3 unspecified atom stereocenters. The summed E-state index contributed by atoms with van der Waals surface area (Å²) in [6.45, 7) is 6.59. The molecule has 2 aliphatic rings. The van der Waals surface area contributed by atoms with Crippen molar-refractivity contribution in [2.24, 2.45) is 17.3 Å². The molecule has 0 bridgehead atoms. The Morgan fingerprint density at radius 3 is 2.56 bits per heavy atom. The van der Waals surface area contributed by atoms with Crippen LogP contribution in [0.4, 0.5) is 0 Å². The summed E-state index contributed by atoms with van der Waals surface area (Å²) in [7, 11) is 0. The fourth-order valence-corrected chi connectivity index (χ4v) is 4.03. The lowest BCUT2D eigenvalue weighted by Gasteiger charge is -2.42. The minimum Gasteiger partial charge on any atom is -0.464 e. The van der Waals surface area contributed by atoms with E-state index in [4.69, 9.17) is 4.74 Å². The zero-order valence-electron chi connectivity index (χ0n) is 11.5. The molecular formula is C14H23NO3. The van der Waals surface area contributed by atoms with Gasteiger partial charge >= 0.3 is 5.97 Å². The van der Waals surface area contributed by atoms with E-state index in [-0.39, 0.29) is 17.3 Å². The van der Waals surface area contributed by atoms with Crippen LogP contribution in [0.25, 0.3) is 0 Å². The summed E-state index contributed by atoms with van der Waals surface area (Å²) in [5.74, 6) is 0.871. The van der Waals surface area contributed by atoms with Crippen molar-refractivity contribution in [2.45, 2.75) is 52.5 Å². The van der Waals surface area contributed by atoms with E-state index in [0.29, 0.717) is 24.9 Å². The summed E-state index contributed by atoms with van der Waals surface area (Å²) in [5.41, 5.74) is -0.208. The monoisotopic (exact) mass is 253 g/mol. The topological polar surface area (TPSA) is 55.4 Å². The van der Waals surface area contributed by atoms with Gasteiger partial charge < -0.3 is 10.1 Å². The molecule has 1 amide bonds. The predicted molar refractivity (Wildman–Crippen MR) is 67.8 cm³/mol. The lowest BCUT2D eigenvalue weighted by molar-refractivity contribution is -0.149. The number of esters is 1. The summed E-state index contributed by atoms with van der Waals surface area (Å²) in [4.78, 5) is 23.8. The third kappa shape index (κ3) is 2.38. The van der Waals surface area contributed by atoms with Crippen LogP contribution >= 0.6 is 0 Å². The van der Waals surface area contributed by atoms with Gasteiger partial charge in [-0.2, -0.15) is 0 Å². The van der Waals surface area contributed by atoms with Crippen LogP contribution in [0.1, 0.15) is 46.5 Å². The fourth-order valence-electron chi connectivity index (χ4n) is 4.03. The predicted octanol–water partition coefficient (Wildman–Crippen LogP) is 1.88. The maximum atomic E-state index is 12.0. The standard InChI is InChI=1S/C14H23NO3/c1-4-18-13(17)12-14(8-11(16)15-12)6-9(2)5-10(3)7-14/h9-10,12H,4-8H2,1-3H3,(H,15,16). The highest BCUT2D eigenvalue weighted by atomic mass is 16.5. The van der Waals surface area contributed by atoms with Gasteiger partial charge in [-0.3, -0.25) is 4.79 Å². The molecule has 2 rings (SSSR count). The molecule has 1 aliphatic carbocycles. The molecule has 18 heavy (non-hydrogen) atoms. The van der Waals surface area contributed by atoms with Crippen LogP contribution in [0.2, 0.25) is 0 Å². The van der Waals surface area contributed by atoms with E-state index >= 15 is 0 Å². The first-order chi connectivity index (χ1) is 8.47. The normalized spacial score (nSPS) is 39.7. The molecular weight excluding hydrogens is 230 g/mol. The zero-order chi connectivity index (χ0) is 13.3. The van der Waals surface area contributed by atoms with Crippen LogP contribution in [0.5, 0.6) is 0 Å². The van der Waals surface area contributed by atoms with Crippen molar-refractivity contribution in [3.8, 4) is 0 Å². The molecule has 0 radical (unpaired) electrons. The second-order valence-electron chi connectivity index (χ2n) is 6.15. The number of carbonyl (C=O) groups is 2. The van der Waals surface area contributed by atoms with Gasteiger partial charge in [0, 0.05) is 11.8 Å². The van der Waals surface area contributed by atoms with Gasteiger partial charge in [-0.1, -0.05) is 13.8 Å². The van der Waals surface area contributed by atoms with Crippen molar-refractivity contribution in [3.63, 3.8) is 0 Å². The molecule has 1 spiro atoms. The summed E-state index contributed by atoms with van der Waals surface area (Å²) in [6.07, 6.45) is 3.55. The van der Waals surface area contributed by atoms with Gasteiger partial charge in [-0.05, 0) is 38.0 Å². The first-order valence-electron chi connectivity index (χ1n) is 6.93. The van der Waals surface area contributed by atoms with Gasteiger partial charge in [0.25, 0.3) is 0 Å². The van der Waals surface area contributed by atoms with E-state index in [1.54, 1.807) is 6.92 Å². The Hall–Kier alpha value is -1.06. The molecule has 4 nitrogen and oxygen atoms in total. The SMILES string of the molecule is CCOC(=O)C1NC(=O)CC12CC(C)CC(C)C2. The third-order valence-electron chi connectivity index (χ3n) is 4.27. The maximum Gasteiger partial charge on any atom is 0.329 e. The van der Waals surface area contributed by atoms with E-state index in [1.807, 2.05) is 0 Å². The minimum atomic E-state index is -0.435. The Bertz CT molecular complexity index is 343. The van der Waals surface area contributed by atoms with E-state index in [2.05, 4.69) is 19.2 Å². The molecule has 0 aromatic heterocycles. The number of ether oxygens (including phenoxy) is 1. The average Bonchev–Trinajstić information content (AvgIpc) is 2.53. The van der Waals surface area contributed by atoms with Gasteiger partial charge in [0.2, 0.25) is 5.91 Å². The van der Waals surface area contributed by atoms with E-state index in [1.165, 1.54) is 6.42 Å². The molecule has 1 N–H and O–H groups in total. The van der Waals surface area contributed by atoms with Crippen molar-refractivity contribution < 1.29 is 14.3 Å². The quantitative estimate of drug-likeness (QED) is 0.764. The highest BCUT2D eigenvalue weighted by molar-refractivity contribution is 5.90. The van der Waals surface area contributed by atoms with Crippen LogP contribution in [-0.2, 0) is 14.3 Å². The summed E-state index contributed by atoms with van der Waals surface area (Å²) in [6, 6.07) is -0.435. The van der Waals surface area contributed by atoms with E-state index in [9.17, 15) is 9.59 Å². The van der Waals surface area contributed by atoms with Crippen molar-refractivity contribution in [1.29, 1.82) is 0 Å². The zero-order valence-corrected chi connectivity index (χ0v) is 11.5. The molecule has 0 aromatic rings. The van der Waals surface area contributed by atoms with E-state index < -0.39 is 6.04 Å². The molecule has 3 atom stereocenters. The second kappa shape index (κ2) is 4.90. The lowest BCUT2D eigenvalue weighted by atomic mass is 9.62. The first kappa shape index (κ1) is 13.4. The van der Waals surface area contributed by atoms with Gasteiger partial charge in [0.1, 0.15) is 6.04 Å². The van der Waals surface area contributed by atoms with Crippen LogP contribution in [0.3, 0.4) is 0 Å². The van der Waals surface area contributed by atoms with Crippen LogP contribution in [0, 0.1) is 17.3 Å². The summed E-state index contributed by atoms with van der Waals surface area (Å²) in [5, 5.41) is 2.83. The Kier molecular flexibility index (Phi) is 3.64. The second-order valence-corrected chi connectivity index (χ2v) is 6.15. The summed E-state index contributed by atoms with van der Waals surface area (Å²) >= 11 is 0.